The van der Waals surface area contributed by atoms with Gasteiger partial charge in [0, 0.05) is 52.4 Å². The number of rotatable bonds is 5. The molecule has 3 unspecified atom stereocenters. The van der Waals surface area contributed by atoms with Crippen LogP contribution in [-0.2, 0) is 14.2 Å². The molecule has 3 aliphatic heterocycles. The summed E-state index contributed by atoms with van der Waals surface area (Å²) in [6.45, 7) is 12.6. The molecule has 3 saturated heterocycles. The van der Waals surface area contributed by atoms with Crippen LogP contribution in [0.15, 0.2) is 4.99 Å². The summed E-state index contributed by atoms with van der Waals surface area (Å²) in [6, 6.07) is 0.491. The highest BCUT2D eigenvalue weighted by Crippen LogP contribution is 2.21. The van der Waals surface area contributed by atoms with Crippen LogP contribution in [0.5, 0.6) is 0 Å². The van der Waals surface area contributed by atoms with E-state index in [9.17, 15) is 0 Å². The molecule has 3 fully saturated rings. The second-order valence-electron chi connectivity index (χ2n) is 7.79. The van der Waals surface area contributed by atoms with Crippen LogP contribution in [0.1, 0.15) is 26.7 Å². The van der Waals surface area contributed by atoms with Crippen molar-refractivity contribution in [2.24, 2.45) is 10.9 Å². The molecule has 7 nitrogen and oxygen atoms in total. The minimum atomic E-state index is 0.157. The van der Waals surface area contributed by atoms with Gasteiger partial charge in [0.05, 0.1) is 25.9 Å². The molecule has 7 heteroatoms. The fourth-order valence-corrected chi connectivity index (χ4v) is 4.21. The predicted molar refractivity (Wildman–Crippen MR) is 103 cm³/mol. The Balaban J connectivity index is 1.54. The van der Waals surface area contributed by atoms with Crippen LogP contribution in [0.25, 0.3) is 0 Å². The molecule has 0 radical (unpaired) electrons. The van der Waals surface area contributed by atoms with Gasteiger partial charge < -0.3 is 24.4 Å². The van der Waals surface area contributed by atoms with Crippen LogP contribution >= 0.6 is 0 Å². The number of hydrogen-bond acceptors (Lipinski definition) is 5. The van der Waals surface area contributed by atoms with E-state index in [1.807, 2.05) is 7.05 Å². The average Bonchev–Trinajstić information content (AvgIpc) is 3.21. The van der Waals surface area contributed by atoms with E-state index in [0.717, 1.165) is 78.0 Å². The van der Waals surface area contributed by atoms with Gasteiger partial charge in [-0.25, -0.2) is 0 Å². The van der Waals surface area contributed by atoms with Crippen LogP contribution in [0.3, 0.4) is 0 Å². The lowest BCUT2D eigenvalue weighted by molar-refractivity contribution is -0.0817. The Morgan fingerprint density at radius 2 is 1.85 bits per heavy atom. The SMILES string of the molecule is CN=C(NCC(C(C)C)N1CCOCC1)N1CCOC(C2CCCO2)C1. The highest BCUT2D eigenvalue weighted by atomic mass is 16.5. The fraction of sp³-hybridized carbons (Fsp3) is 0.947. The van der Waals surface area contributed by atoms with Crippen molar-refractivity contribution in [3.8, 4) is 0 Å². The smallest absolute Gasteiger partial charge is 0.193 e. The van der Waals surface area contributed by atoms with Gasteiger partial charge in [-0.05, 0) is 18.8 Å². The third-order valence-corrected chi connectivity index (χ3v) is 5.74. The van der Waals surface area contributed by atoms with Crippen molar-refractivity contribution in [2.45, 2.75) is 44.9 Å². The molecule has 0 aromatic carbocycles. The van der Waals surface area contributed by atoms with Gasteiger partial charge in [0.1, 0.15) is 6.10 Å². The van der Waals surface area contributed by atoms with Crippen LogP contribution in [-0.4, -0.2) is 100 Å². The maximum atomic E-state index is 5.97. The number of ether oxygens (including phenoxy) is 3. The summed E-state index contributed by atoms with van der Waals surface area (Å²) in [5, 5.41) is 3.63. The Labute approximate surface area is 158 Å². The van der Waals surface area contributed by atoms with E-state index in [-0.39, 0.29) is 12.2 Å². The van der Waals surface area contributed by atoms with Crippen molar-refractivity contribution >= 4 is 5.96 Å². The summed E-state index contributed by atoms with van der Waals surface area (Å²) >= 11 is 0. The Hall–Kier alpha value is -0.890. The highest BCUT2D eigenvalue weighted by molar-refractivity contribution is 5.80. The van der Waals surface area contributed by atoms with E-state index >= 15 is 0 Å². The van der Waals surface area contributed by atoms with E-state index in [1.54, 1.807) is 0 Å². The number of aliphatic imine (C=N–C) groups is 1. The van der Waals surface area contributed by atoms with Gasteiger partial charge >= 0.3 is 0 Å². The van der Waals surface area contributed by atoms with E-state index < -0.39 is 0 Å². The molecule has 3 atom stereocenters. The minimum absolute atomic E-state index is 0.157. The second kappa shape index (κ2) is 9.88. The van der Waals surface area contributed by atoms with E-state index in [2.05, 4.69) is 34.0 Å². The minimum Gasteiger partial charge on any atom is -0.379 e. The highest BCUT2D eigenvalue weighted by Gasteiger charge is 2.32. The molecule has 0 bridgehead atoms. The molecule has 26 heavy (non-hydrogen) atoms. The third kappa shape index (κ3) is 5.09. The zero-order chi connectivity index (χ0) is 18.4. The zero-order valence-corrected chi connectivity index (χ0v) is 16.7. The zero-order valence-electron chi connectivity index (χ0n) is 16.7. The molecular weight excluding hydrogens is 332 g/mol. The molecule has 0 aromatic rings. The van der Waals surface area contributed by atoms with Gasteiger partial charge in [-0.15, -0.1) is 0 Å². The summed E-state index contributed by atoms with van der Waals surface area (Å²) < 4.78 is 17.3. The first-order valence-corrected chi connectivity index (χ1v) is 10.2. The summed E-state index contributed by atoms with van der Waals surface area (Å²) in [5.74, 6) is 1.57. The van der Waals surface area contributed by atoms with E-state index in [0.29, 0.717) is 12.0 Å². The van der Waals surface area contributed by atoms with Crippen molar-refractivity contribution in [2.75, 3.05) is 66.2 Å². The van der Waals surface area contributed by atoms with Gasteiger partial charge in [-0.2, -0.15) is 0 Å². The molecular formula is C19H36N4O3. The molecule has 0 amide bonds. The monoisotopic (exact) mass is 368 g/mol. The first kappa shape index (κ1) is 19.9. The maximum absolute atomic E-state index is 5.97. The summed E-state index contributed by atoms with van der Waals surface area (Å²) in [5.41, 5.74) is 0. The van der Waals surface area contributed by atoms with Gasteiger partial charge in [0.2, 0.25) is 0 Å². The first-order valence-electron chi connectivity index (χ1n) is 10.2. The molecule has 1 N–H and O–H groups in total. The quantitative estimate of drug-likeness (QED) is 0.572. The largest absolute Gasteiger partial charge is 0.379 e. The van der Waals surface area contributed by atoms with Crippen molar-refractivity contribution in [3.63, 3.8) is 0 Å². The van der Waals surface area contributed by atoms with E-state index in [4.69, 9.17) is 14.2 Å². The Morgan fingerprint density at radius 1 is 1.08 bits per heavy atom. The summed E-state index contributed by atoms with van der Waals surface area (Å²) in [4.78, 5) is 9.41. The van der Waals surface area contributed by atoms with Crippen LogP contribution in [0.4, 0.5) is 0 Å². The Kier molecular flexibility index (Phi) is 7.54. The molecule has 0 aromatic heterocycles. The molecule has 3 heterocycles. The van der Waals surface area contributed by atoms with Crippen molar-refractivity contribution in [3.05, 3.63) is 0 Å². The van der Waals surface area contributed by atoms with Crippen molar-refractivity contribution in [1.29, 1.82) is 0 Å². The number of guanidine groups is 1. The number of nitrogens with zero attached hydrogens (tertiary/aromatic N) is 3. The summed E-state index contributed by atoms with van der Waals surface area (Å²) in [6.07, 6.45) is 2.65. The Bertz CT molecular complexity index is 448. The molecule has 3 aliphatic rings. The summed E-state index contributed by atoms with van der Waals surface area (Å²) in [7, 11) is 1.87. The molecule has 0 saturated carbocycles. The van der Waals surface area contributed by atoms with Gasteiger partial charge in [-0.1, -0.05) is 13.8 Å². The number of nitrogens with one attached hydrogen (secondary N) is 1. The van der Waals surface area contributed by atoms with Crippen LogP contribution in [0.2, 0.25) is 0 Å². The van der Waals surface area contributed by atoms with Gasteiger partial charge in [0.15, 0.2) is 5.96 Å². The number of hydrogen-bond donors (Lipinski definition) is 1. The molecule has 3 rings (SSSR count). The van der Waals surface area contributed by atoms with Gasteiger partial charge in [-0.3, -0.25) is 9.89 Å². The lowest BCUT2D eigenvalue weighted by Crippen LogP contribution is -2.56. The lowest BCUT2D eigenvalue weighted by atomic mass is 10.0. The maximum Gasteiger partial charge on any atom is 0.193 e. The average molecular weight is 369 g/mol. The van der Waals surface area contributed by atoms with Crippen LogP contribution < -0.4 is 5.32 Å². The van der Waals surface area contributed by atoms with Crippen molar-refractivity contribution in [1.82, 2.24) is 15.1 Å². The second-order valence-corrected chi connectivity index (χ2v) is 7.79. The van der Waals surface area contributed by atoms with Crippen molar-refractivity contribution < 1.29 is 14.2 Å². The van der Waals surface area contributed by atoms with E-state index in [1.165, 1.54) is 0 Å². The fourth-order valence-electron chi connectivity index (χ4n) is 4.21. The standard InChI is InChI=1S/C19H36N4O3/c1-15(2)16(22-6-10-24-11-7-22)13-21-19(20-3)23-8-12-26-18(14-23)17-5-4-9-25-17/h15-18H,4-14H2,1-3H3,(H,20,21). The van der Waals surface area contributed by atoms with Crippen LogP contribution in [0, 0.1) is 5.92 Å². The topological polar surface area (TPSA) is 58.6 Å². The predicted octanol–water partition coefficient (Wildman–Crippen LogP) is 0.798. The lowest BCUT2D eigenvalue weighted by Gasteiger charge is -2.39. The third-order valence-electron chi connectivity index (χ3n) is 5.74. The number of morpholine rings is 2. The van der Waals surface area contributed by atoms with Gasteiger partial charge in [0.25, 0.3) is 0 Å². The molecule has 0 spiro atoms. The normalized spacial score (nSPS) is 30.0. The first-order chi connectivity index (χ1) is 12.7. The Morgan fingerprint density at radius 3 is 2.50 bits per heavy atom. The molecule has 0 aliphatic carbocycles. The molecule has 150 valence electrons.